The number of hydrogen-bond acceptors (Lipinski definition) is 4. The predicted molar refractivity (Wildman–Crippen MR) is 84.0 cm³/mol. The number of aliphatic hydroxyl groups is 1. The molecule has 0 aliphatic carbocycles. The Balaban J connectivity index is 2.13. The van der Waals surface area contributed by atoms with Gasteiger partial charge in [0.25, 0.3) is 0 Å². The van der Waals surface area contributed by atoms with Crippen LogP contribution in [0.2, 0.25) is 10.0 Å². The van der Waals surface area contributed by atoms with Gasteiger partial charge in [-0.2, -0.15) is 0 Å². The largest absolute Gasteiger partial charge is 0.380 e. The Morgan fingerprint density at radius 2 is 1.95 bits per heavy atom. The maximum atomic E-state index is 11.5. The fourth-order valence-electron chi connectivity index (χ4n) is 2.73. The van der Waals surface area contributed by atoms with Gasteiger partial charge in [-0.1, -0.05) is 35.3 Å². The third-order valence-corrected chi connectivity index (χ3v) is 4.39. The first-order chi connectivity index (χ1) is 10.6. The summed E-state index contributed by atoms with van der Waals surface area (Å²) in [5.41, 5.74) is -0.167. The van der Waals surface area contributed by atoms with Crippen molar-refractivity contribution < 1.29 is 14.6 Å². The van der Waals surface area contributed by atoms with Gasteiger partial charge in [-0.15, -0.1) is 0 Å². The average molecular weight is 340 g/mol. The molecule has 1 aromatic heterocycles. The Bertz CT molecular complexity index is 647. The summed E-state index contributed by atoms with van der Waals surface area (Å²) in [6.45, 7) is 0.961. The molecule has 1 aromatic carbocycles. The van der Waals surface area contributed by atoms with Crippen LogP contribution in [0, 0.1) is 5.92 Å². The normalized spacial score (nSPS) is 18.9. The highest BCUT2D eigenvalue weighted by Crippen LogP contribution is 2.41. The van der Waals surface area contributed by atoms with Crippen molar-refractivity contribution in [2.45, 2.75) is 5.60 Å². The zero-order valence-corrected chi connectivity index (χ0v) is 13.2. The van der Waals surface area contributed by atoms with Gasteiger partial charge < -0.3 is 14.6 Å². The average Bonchev–Trinajstić information content (AvgIpc) is 2.56. The minimum atomic E-state index is -1.36. The topological polar surface area (TPSA) is 51.6 Å². The molecule has 0 amide bonds. The second-order valence-corrected chi connectivity index (χ2v) is 6.03. The minimum absolute atomic E-state index is 0.230. The van der Waals surface area contributed by atoms with E-state index < -0.39 is 5.60 Å². The molecule has 1 aliphatic rings. The number of ether oxygens (including phenoxy) is 2. The maximum absolute atomic E-state index is 11.5. The molecular weight excluding hydrogens is 325 g/mol. The van der Waals surface area contributed by atoms with Crippen molar-refractivity contribution in [2.24, 2.45) is 5.92 Å². The van der Waals surface area contributed by atoms with Crippen LogP contribution < -0.4 is 0 Å². The van der Waals surface area contributed by atoms with E-state index in [1.165, 1.54) is 0 Å². The van der Waals surface area contributed by atoms with E-state index in [1.807, 2.05) is 6.07 Å². The number of pyridine rings is 1. The number of aromatic nitrogens is 1. The van der Waals surface area contributed by atoms with E-state index in [-0.39, 0.29) is 12.7 Å². The highest BCUT2D eigenvalue weighted by Gasteiger charge is 2.43. The molecule has 0 spiro atoms. The molecule has 0 radical (unpaired) electrons. The molecule has 2 aromatic rings. The summed E-state index contributed by atoms with van der Waals surface area (Å²) < 4.78 is 10.7. The third kappa shape index (κ3) is 2.85. The molecule has 22 heavy (non-hydrogen) atoms. The van der Waals surface area contributed by atoms with Gasteiger partial charge in [-0.05, 0) is 18.2 Å². The second kappa shape index (κ2) is 6.52. The van der Waals surface area contributed by atoms with Crippen LogP contribution in [0.15, 0.2) is 42.7 Å². The first-order valence-corrected chi connectivity index (χ1v) is 7.62. The van der Waals surface area contributed by atoms with Gasteiger partial charge in [0.15, 0.2) is 0 Å². The summed E-state index contributed by atoms with van der Waals surface area (Å²) in [7, 11) is 0. The lowest BCUT2D eigenvalue weighted by molar-refractivity contribution is -0.168. The summed E-state index contributed by atoms with van der Waals surface area (Å²) in [4.78, 5) is 4.11. The van der Waals surface area contributed by atoms with Crippen LogP contribution >= 0.6 is 23.2 Å². The molecule has 6 heteroatoms. The van der Waals surface area contributed by atoms with Crippen LogP contribution in [0.4, 0.5) is 0 Å². The molecule has 0 saturated carbocycles. The van der Waals surface area contributed by atoms with Gasteiger partial charge >= 0.3 is 0 Å². The number of nitrogens with zero attached hydrogens (tertiary/aromatic N) is 1. The van der Waals surface area contributed by atoms with Gasteiger partial charge in [0.2, 0.25) is 0 Å². The van der Waals surface area contributed by atoms with Crippen LogP contribution in [-0.4, -0.2) is 30.1 Å². The second-order valence-electron chi connectivity index (χ2n) is 5.19. The summed E-state index contributed by atoms with van der Waals surface area (Å²) >= 11 is 12.3. The van der Waals surface area contributed by atoms with Crippen molar-refractivity contribution in [1.29, 1.82) is 0 Å². The fourth-order valence-corrected chi connectivity index (χ4v) is 3.28. The molecule has 1 N–H and O–H groups in total. The molecule has 1 atom stereocenters. The van der Waals surface area contributed by atoms with E-state index in [0.29, 0.717) is 34.4 Å². The van der Waals surface area contributed by atoms with Crippen molar-refractivity contribution in [3.8, 4) is 0 Å². The molecule has 1 aliphatic heterocycles. The van der Waals surface area contributed by atoms with Crippen LogP contribution in [-0.2, 0) is 15.1 Å². The minimum Gasteiger partial charge on any atom is -0.380 e. The number of rotatable bonds is 3. The van der Waals surface area contributed by atoms with Gasteiger partial charge in [-0.3, -0.25) is 4.98 Å². The van der Waals surface area contributed by atoms with Crippen molar-refractivity contribution >= 4 is 23.2 Å². The maximum Gasteiger partial charge on any atom is 0.146 e. The van der Waals surface area contributed by atoms with Crippen molar-refractivity contribution in [1.82, 2.24) is 4.98 Å². The highest BCUT2D eigenvalue weighted by molar-refractivity contribution is 6.35. The molecule has 1 fully saturated rings. The van der Waals surface area contributed by atoms with Crippen LogP contribution in [0.5, 0.6) is 0 Å². The van der Waals surface area contributed by atoms with Crippen molar-refractivity contribution in [2.75, 3.05) is 20.0 Å². The van der Waals surface area contributed by atoms with Crippen LogP contribution in [0.3, 0.4) is 0 Å². The zero-order valence-electron chi connectivity index (χ0n) is 11.7. The summed E-state index contributed by atoms with van der Waals surface area (Å²) in [6.07, 6.45) is 3.28. The van der Waals surface area contributed by atoms with Gasteiger partial charge in [0.1, 0.15) is 12.4 Å². The lowest BCUT2D eigenvalue weighted by Crippen LogP contribution is -2.44. The molecular formula is C16H15Cl2NO3. The van der Waals surface area contributed by atoms with E-state index in [0.717, 1.165) is 0 Å². The summed E-state index contributed by atoms with van der Waals surface area (Å²) in [5.74, 6) is -0.302. The van der Waals surface area contributed by atoms with E-state index in [4.69, 9.17) is 32.7 Å². The van der Waals surface area contributed by atoms with E-state index in [2.05, 4.69) is 4.98 Å². The molecule has 4 nitrogen and oxygen atoms in total. The fraction of sp³-hybridized carbons (Fsp3) is 0.312. The van der Waals surface area contributed by atoms with Gasteiger partial charge in [0, 0.05) is 39.5 Å². The number of hydrogen-bond donors (Lipinski definition) is 1. The Kier molecular flexibility index (Phi) is 4.66. The van der Waals surface area contributed by atoms with E-state index in [1.54, 1.807) is 36.7 Å². The zero-order chi connectivity index (χ0) is 15.6. The lowest BCUT2D eigenvalue weighted by Gasteiger charge is -2.39. The quantitative estimate of drug-likeness (QED) is 0.932. The monoisotopic (exact) mass is 339 g/mol. The first-order valence-electron chi connectivity index (χ1n) is 6.86. The Morgan fingerprint density at radius 1 is 1.18 bits per heavy atom. The van der Waals surface area contributed by atoms with Crippen molar-refractivity contribution in [3.05, 3.63) is 63.9 Å². The number of halogens is 2. The standard InChI is InChI=1S/C16H15Cl2NO3/c17-13-3-4-14(15(18)6-13)16(20,11-2-1-5-19-7-11)12-8-21-10-22-9-12/h1-7,12,20H,8-10H2. The SMILES string of the molecule is OC(c1cccnc1)(c1ccc(Cl)cc1Cl)C1COCOC1. The summed E-state index contributed by atoms with van der Waals surface area (Å²) in [5, 5.41) is 12.4. The lowest BCUT2D eigenvalue weighted by atomic mass is 9.77. The smallest absolute Gasteiger partial charge is 0.146 e. The van der Waals surface area contributed by atoms with Crippen molar-refractivity contribution in [3.63, 3.8) is 0 Å². The predicted octanol–water partition coefficient (Wildman–Crippen LogP) is 3.24. The third-order valence-electron chi connectivity index (χ3n) is 3.84. The van der Waals surface area contributed by atoms with E-state index in [9.17, 15) is 5.11 Å². The molecule has 0 bridgehead atoms. The van der Waals surface area contributed by atoms with E-state index >= 15 is 0 Å². The molecule has 3 rings (SSSR count). The first kappa shape index (κ1) is 15.7. The van der Waals surface area contributed by atoms with Crippen LogP contribution in [0.25, 0.3) is 0 Å². The van der Waals surface area contributed by atoms with Gasteiger partial charge in [-0.25, -0.2) is 0 Å². The molecule has 1 saturated heterocycles. The Labute approximate surface area is 138 Å². The number of benzene rings is 1. The summed E-state index contributed by atoms with van der Waals surface area (Å²) in [6, 6.07) is 8.63. The molecule has 2 heterocycles. The van der Waals surface area contributed by atoms with Gasteiger partial charge in [0.05, 0.1) is 13.2 Å². The Hall–Kier alpha value is -1.17. The molecule has 1 unspecified atom stereocenters. The molecule has 116 valence electrons. The Morgan fingerprint density at radius 3 is 2.59 bits per heavy atom. The highest BCUT2D eigenvalue weighted by atomic mass is 35.5. The van der Waals surface area contributed by atoms with Crippen LogP contribution in [0.1, 0.15) is 11.1 Å².